The summed E-state index contributed by atoms with van der Waals surface area (Å²) in [7, 11) is 0. The van der Waals surface area contributed by atoms with E-state index in [-0.39, 0.29) is 0 Å². The molecule has 3 atom stereocenters. The number of thioether (sulfide) groups is 1. The van der Waals surface area contributed by atoms with Gasteiger partial charge in [0.25, 0.3) is 0 Å². The maximum absolute atomic E-state index is 5.95. The Morgan fingerprint density at radius 2 is 2.11 bits per heavy atom. The van der Waals surface area contributed by atoms with Crippen LogP contribution in [0.5, 0.6) is 0 Å². The van der Waals surface area contributed by atoms with Crippen LogP contribution in [0.2, 0.25) is 0 Å². The quantitative estimate of drug-likeness (QED) is 0.867. The fourth-order valence-corrected chi connectivity index (χ4v) is 4.80. The molecule has 18 heavy (non-hydrogen) atoms. The third-order valence-electron chi connectivity index (χ3n) is 4.03. The van der Waals surface area contributed by atoms with Gasteiger partial charge in [-0.2, -0.15) is 0 Å². The number of hydrogen-bond donors (Lipinski definition) is 1. The summed E-state index contributed by atoms with van der Waals surface area (Å²) in [5, 5.41) is 0.687. The topological polar surface area (TPSA) is 26.0 Å². The van der Waals surface area contributed by atoms with Crippen molar-refractivity contribution in [3.8, 4) is 0 Å². The molecule has 0 amide bonds. The monoisotopic (exact) mass is 327 g/mol. The molecule has 3 unspecified atom stereocenters. The molecule has 1 saturated carbocycles. The summed E-state index contributed by atoms with van der Waals surface area (Å²) in [5.41, 5.74) is 5.95. The first-order valence-corrected chi connectivity index (χ1v) is 8.53. The summed E-state index contributed by atoms with van der Waals surface area (Å²) < 4.78 is 1.21. The highest BCUT2D eigenvalue weighted by Crippen LogP contribution is 2.42. The van der Waals surface area contributed by atoms with Gasteiger partial charge in [-0.05, 0) is 59.3 Å². The molecular weight excluding hydrogens is 306 g/mol. The van der Waals surface area contributed by atoms with E-state index in [0.29, 0.717) is 11.2 Å². The van der Waals surface area contributed by atoms with Crippen molar-refractivity contribution in [1.82, 2.24) is 0 Å². The van der Waals surface area contributed by atoms with Crippen LogP contribution in [0.25, 0.3) is 0 Å². The average Bonchev–Trinajstić information content (AvgIpc) is 2.41. The van der Waals surface area contributed by atoms with Gasteiger partial charge >= 0.3 is 0 Å². The summed E-state index contributed by atoms with van der Waals surface area (Å²) in [6.07, 6.45) is 5.30. The van der Waals surface area contributed by atoms with E-state index in [1.54, 1.807) is 0 Å². The molecule has 2 rings (SSSR count). The van der Waals surface area contributed by atoms with E-state index in [1.165, 1.54) is 35.1 Å². The number of benzene rings is 1. The van der Waals surface area contributed by atoms with Crippen molar-refractivity contribution in [1.29, 1.82) is 0 Å². The van der Waals surface area contributed by atoms with Gasteiger partial charge in [0, 0.05) is 14.6 Å². The molecule has 0 heterocycles. The Bertz CT molecular complexity index is 383. The molecule has 100 valence electrons. The summed E-state index contributed by atoms with van der Waals surface area (Å²) in [6, 6.07) is 8.52. The van der Waals surface area contributed by atoms with Crippen LogP contribution in [-0.2, 0) is 0 Å². The highest BCUT2D eigenvalue weighted by Gasteiger charge is 2.29. The van der Waals surface area contributed by atoms with E-state index >= 15 is 0 Å². The van der Waals surface area contributed by atoms with Crippen LogP contribution in [0, 0.1) is 11.8 Å². The Labute approximate surface area is 123 Å². The van der Waals surface area contributed by atoms with E-state index in [2.05, 4.69) is 47.1 Å². The molecule has 1 aliphatic carbocycles. The molecule has 3 heteroatoms. The first kappa shape index (κ1) is 14.4. The van der Waals surface area contributed by atoms with Gasteiger partial charge in [0.15, 0.2) is 0 Å². The van der Waals surface area contributed by atoms with Gasteiger partial charge in [-0.3, -0.25) is 0 Å². The van der Waals surface area contributed by atoms with Gasteiger partial charge in [-0.25, -0.2) is 0 Å². The lowest BCUT2D eigenvalue weighted by molar-refractivity contribution is 0.284. The first-order valence-electron chi connectivity index (χ1n) is 6.85. The lowest BCUT2D eigenvalue weighted by atomic mass is 9.80. The zero-order valence-electron chi connectivity index (χ0n) is 10.9. The lowest BCUT2D eigenvalue weighted by Gasteiger charge is -2.35. The summed E-state index contributed by atoms with van der Waals surface area (Å²) in [5.74, 6) is 1.58. The minimum Gasteiger partial charge on any atom is -0.330 e. The zero-order chi connectivity index (χ0) is 13.0. The second kappa shape index (κ2) is 6.97. The van der Waals surface area contributed by atoms with Crippen molar-refractivity contribution in [2.24, 2.45) is 17.6 Å². The van der Waals surface area contributed by atoms with Crippen LogP contribution < -0.4 is 5.73 Å². The highest BCUT2D eigenvalue weighted by molar-refractivity contribution is 9.10. The molecule has 1 nitrogen and oxygen atoms in total. The molecule has 0 radical (unpaired) electrons. The summed E-state index contributed by atoms with van der Waals surface area (Å²) in [4.78, 5) is 1.36. The number of nitrogens with two attached hydrogens (primary N) is 1. The zero-order valence-corrected chi connectivity index (χ0v) is 13.3. The van der Waals surface area contributed by atoms with Crippen molar-refractivity contribution in [2.45, 2.75) is 42.8 Å². The molecule has 0 aromatic heterocycles. The van der Waals surface area contributed by atoms with Crippen LogP contribution in [0.1, 0.15) is 32.6 Å². The molecule has 1 fully saturated rings. The smallest absolute Gasteiger partial charge is 0.0311 e. The second-order valence-electron chi connectivity index (χ2n) is 5.17. The lowest BCUT2D eigenvalue weighted by Crippen LogP contribution is -2.32. The standard InChI is InChI=1S/C15H22BrNS/c1-2-11-7-8-12(10-17)15(9-11)18-14-6-4-3-5-13(14)16/h3-6,11-12,15H,2,7-10,17H2,1H3. The van der Waals surface area contributed by atoms with E-state index in [1.807, 2.05) is 11.8 Å². The number of rotatable bonds is 4. The Balaban J connectivity index is 2.07. The van der Waals surface area contributed by atoms with Gasteiger partial charge in [-0.15, -0.1) is 11.8 Å². The molecule has 0 bridgehead atoms. The Hall–Kier alpha value is 0.01000. The fourth-order valence-electron chi connectivity index (χ4n) is 2.76. The molecule has 1 aromatic carbocycles. The molecule has 1 aliphatic rings. The van der Waals surface area contributed by atoms with Gasteiger partial charge < -0.3 is 5.73 Å². The largest absolute Gasteiger partial charge is 0.330 e. The van der Waals surface area contributed by atoms with Crippen molar-refractivity contribution in [3.05, 3.63) is 28.7 Å². The molecule has 0 saturated heterocycles. The highest BCUT2D eigenvalue weighted by atomic mass is 79.9. The second-order valence-corrected chi connectivity index (χ2v) is 7.31. The van der Waals surface area contributed by atoms with Gasteiger partial charge in [-0.1, -0.05) is 31.9 Å². The molecule has 0 aliphatic heterocycles. The predicted molar refractivity (Wildman–Crippen MR) is 84.0 cm³/mol. The maximum atomic E-state index is 5.95. The van der Waals surface area contributed by atoms with Crippen LogP contribution in [0.4, 0.5) is 0 Å². The third kappa shape index (κ3) is 3.52. The third-order valence-corrected chi connectivity index (χ3v) is 6.48. The molecule has 2 N–H and O–H groups in total. The average molecular weight is 328 g/mol. The minimum absolute atomic E-state index is 0.685. The van der Waals surface area contributed by atoms with Crippen molar-refractivity contribution in [2.75, 3.05) is 6.54 Å². The van der Waals surface area contributed by atoms with Crippen LogP contribution in [-0.4, -0.2) is 11.8 Å². The van der Waals surface area contributed by atoms with E-state index in [9.17, 15) is 0 Å². The van der Waals surface area contributed by atoms with E-state index in [0.717, 1.165) is 12.5 Å². The SMILES string of the molecule is CCC1CCC(CN)C(Sc2ccccc2Br)C1. The Kier molecular flexibility index (Phi) is 5.58. The fraction of sp³-hybridized carbons (Fsp3) is 0.600. The van der Waals surface area contributed by atoms with Crippen molar-refractivity contribution < 1.29 is 0 Å². The van der Waals surface area contributed by atoms with Gasteiger partial charge in [0.05, 0.1) is 0 Å². The Morgan fingerprint density at radius 3 is 2.78 bits per heavy atom. The normalized spacial score (nSPS) is 28.3. The number of hydrogen-bond acceptors (Lipinski definition) is 2. The first-order chi connectivity index (χ1) is 8.74. The maximum Gasteiger partial charge on any atom is 0.0311 e. The van der Waals surface area contributed by atoms with Crippen LogP contribution >= 0.6 is 27.7 Å². The molecule has 1 aromatic rings. The van der Waals surface area contributed by atoms with Gasteiger partial charge in [0.2, 0.25) is 0 Å². The molecule has 0 spiro atoms. The molecular formula is C15H22BrNS. The van der Waals surface area contributed by atoms with Crippen molar-refractivity contribution in [3.63, 3.8) is 0 Å². The minimum atomic E-state index is 0.685. The predicted octanol–water partition coefficient (Wildman–Crippen LogP) is 4.69. The van der Waals surface area contributed by atoms with Crippen LogP contribution in [0.3, 0.4) is 0 Å². The van der Waals surface area contributed by atoms with Crippen LogP contribution in [0.15, 0.2) is 33.6 Å². The van der Waals surface area contributed by atoms with Gasteiger partial charge in [0.1, 0.15) is 0 Å². The summed E-state index contributed by atoms with van der Waals surface area (Å²) in [6.45, 7) is 3.14. The van der Waals surface area contributed by atoms with Crippen molar-refractivity contribution >= 4 is 27.7 Å². The van der Waals surface area contributed by atoms with E-state index < -0.39 is 0 Å². The summed E-state index contributed by atoms with van der Waals surface area (Å²) >= 11 is 5.66. The Morgan fingerprint density at radius 1 is 1.33 bits per heavy atom. The number of halogens is 1. The van der Waals surface area contributed by atoms with E-state index in [4.69, 9.17) is 5.73 Å².